The Morgan fingerprint density at radius 1 is 1.07 bits per heavy atom. The summed E-state index contributed by atoms with van der Waals surface area (Å²) in [5.41, 5.74) is -1.98. The van der Waals surface area contributed by atoms with E-state index in [-0.39, 0.29) is 18.5 Å². The zero-order valence-corrected chi connectivity index (χ0v) is 15.4. The molecule has 9 heteroatoms. The molecule has 29 heavy (non-hydrogen) atoms. The van der Waals surface area contributed by atoms with Crippen molar-refractivity contribution in [2.24, 2.45) is 0 Å². The summed E-state index contributed by atoms with van der Waals surface area (Å²) in [4.78, 5) is 37.5. The molecule has 1 atom stereocenters. The van der Waals surface area contributed by atoms with E-state index < -0.39 is 29.7 Å². The standard InChI is InChI=1S/C20H18F3N3O3/c1-13-7-10-15(11-8-13)26-17(28)19(20(21,22)23,25-18(26)29)24-16(27)12-9-14-5-3-2-4-6-14/h2-8,10-11H,9,12H2,1H3,(H,24,27)(H,25,29)/t19-/m0/s1. The molecule has 0 radical (unpaired) electrons. The van der Waals surface area contributed by atoms with E-state index in [1.807, 2.05) is 0 Å². The van der Waals surface area contributed by atoms with Crippen molar-refractivity contribution in [3.8, 4) is 0 Å². The first-order valence-electron chi connectivity index (χ1n) is 8.79. The van der Waals surface area contributed by atoms with Gasteiger partial charge in [0.25, 0.3) is 11.6 Å². The first-order chi connectivity index (χ1) is 13.6. The van der Waals surface area contributed by atoms with Gasteiger partial charge in [-0.15, -0.1) is 0 Å². The van der Waals surface area contributed by atoms with Gasteiger partial charge in [-0.25, -0.2) is 9.69 Å². The molecular weight excluding hydrogens is 387 g/mol. The second-order valence-electron chi connectivity index (χ2n) is 6.69. The maximum absolute atomic E-state index is 13.8. The van der Waals surface area contributed by atoms with Gasteiger partial charge in [0.05, 0.1) is 5.69 Å². The van der Waals surface area contributed by atoms with Gasteiger partial charge in [-0.05, 0) is 31.0 Å². The number of aryl methyl sites for hydroxylation is 2. The molecule has 0 unspecified atom stereocenters. The second kappa shape index (κ2) is 7.57. The van der Waals surface area contributed by atoms with Gasteiger partial charge in [0.1, 0.15) is 0 Å². The number of urea groups is 1. The molecule has 0 saturated carbocycles. The molecule has 2 N–H and O–H groups in total. The third-order valence-corrected chi connectivity index (χ3v) is 4.55. The number of carbonyl (C=O) groups is 3. The van der Waals surface area contributed by atoms with E-state index in [4.69, 9.17) is 0 Å². The van der Waals surface area contributed by atoms with Crippen LogP contribution in [0.25, 0.3) is 0 Å². The number of nitrogens with zero attached hydrogens (tertiary/aromatic N) is 1. The second-order valence-corrected chi connectivity index (χ2v) is 6.69. The molecule has 6 nitrogen and oxygen atoms in total. The number of carbonyl (C=O) groups excluding carboxylic acids is 3. The fourth-order valence-electron chi connectivity index (χ4n) is 2.98. The normalized spacial score (nSPS) is 19.2. The van der Waals surface area contributed by atoms with Crippen LogP contribution in [0.5, 0.6) is 0 Å². The largest absolute Gasteiger partial charge is 0.440 e. The molecule has 3 rings (SSSR count). The van der Waals surface area contributed by atoms with Crippen LogP contribution in [-0.4, -0.2) is 29.7 Å². The topological polar surface area (TPSA) is 78.5 Å². The number of nitrogens with one attached hydrogen (secondary N) is 2. The van der Waals surface area contributed by atoms with Gasteiger partial charge in [0.2, 0.25) is 5.91 Å². The van der Waals surface area contributed by atoms with Crippen LogP contribution in [-0.2, 0) is 16.0 Å². The summed E-state index contributed by atoms with van der Waals surface area (Å²) >= 11 is 0. The van der Waals surface area contributed by atoms with Gasteiger partial charge < -0.3 is 5.32 Å². The fraction of sp³-hybridized carbons (Fsp3) is 0.250. The minimum atomic E-state index is -5.23. The predicted octanol–water partition coefficient (Wildman–Crippen LogP) is 3.06. The number of hydrogen-bond donors (Lipinski definition) is 2. The van der Waals surface area contributed by atoms with Crippen molar-refractivity contribution < 1.29 is 27.6 Å². The minimum absolute atomic E-state index is 0.0252. The Hall–Kier alpha value is -3.36. The van der Waals surface area contributed by atoms with Gasteiger partial charge >= 0.3 is 12.2 Å². The van der Waals surface area contributed by atoms with E-state index in [1.165, 1.54) is 12.1 Å². The van der Waals surface area contributed by atoms with Gasteiger partial charge in [0, 0.05) is 6.42 Å². The summed E-state index contributed by atoms with van der Waals surface area (Å²) in [6.07, 6.45) is -5.33. The number of rotatable bonds is 5. The van der Waals surface area contributed by atoms with E-state index >= 15 is 0 Å². The Labute approximate surface area is 164 Å². The van der Waals surface area contributed by atoms with Crippen molar-refractivity contribution in [2.45, 2.75) is 31.6 Å². The number of benzene rings is 2. The first-order valence-corrected chi connectivity index (χ1v) is 8.79. The quantitative estimate of drug-likeness (QED) is 0.751. The summed E-state index contributed by atoms with van der Waals surface area (Å²) in [7, 11) is 0. The molecule has 152 valence electrons. The van der Waals surface area contributed by atoms with Crippen LogP contribution in [0.4, 0.5) is 23.7 Å². The lowest BCUT2D eigenvalue weighted by atomic mass is 10.1. The Morgan fingerprint density at radius 3 is 2.28 bits per heavy atom. The molecule has 0 spiro atoms. The third kappa shape index (κ3) is 3.94. The lowest BCUT2D eigenvalue weighted by Crippen LogP contribution is -2.69. The monoisotopic (exact) mass is 405 g/mol. The molecular formula is C20H18F3N3O3. The van der Waals surface area contributed by atoms with Gasteiger partial charge in [0.15, 0.2) is 0 Å². The fourth-order valence-corrected chi connectivity index (χ4v) is 2.98. The molecule has 1 saturated heterocycles. The van der Waals surface area contributed by atoms with E-state index in [0.29, 0.717) is 4.90 Å². The van der Waals surface area contributed by atoms with Crippen LogP contribution in [0.3, 0.4) is 0 Å². The van der Waals surface area contributed by atoms with Crippen LogP contribution in [0.1, 0.15) is 17.5 Å². The smallest absolute Gasteiger partial charge is 0.318 e. The molecule has 2 aromatic rings. The predicted molar refractivity (Wildman–Crippen MR) is 98.9 cm³/mol. The molecule has 1 aliphatic rings. The average Bonchev–Trinajstić information content (AvgIpc) is 2.92. The van der Waals surface area contributed by atoms with E-state index in [0.717, 1.165) is 11.1 Å². The number of halogens is 3. The molecule has 4 amide bonds. The molecule has 0 aromatic heterocycles. The van der Waals surface area contributed by atoms with Crippen LogP contribution < -0.4 is 15.5 Å². The highest BCUT2D eigenvalue weighted by molar-refractivity contribution is 6.24. The molecule has 1 heterocycles. The average molecular weight is 405 g/mol. The molecule has 0 bridgehead atoms. The Morgan fingerprint density at radius 2 is 1.69 bits per heavy atom. The highest BCUT2D eigenvalue weighted by Gasteiger charge is 2.69. The number of anilines is 1. The summed E-state index contributed by atoms with van der Waals surface area (Å²) in [6, 6.07) is 13.3. The SMILES string of the molecule is Cc1ccc(N2C(=O)N[C@](NC(=O)CCc3ccccc3)(C(F)(F)F)C2=O)cc1. The van der Waals surface area contributed by atoms with Gasteiger partial charge in [-0.2, -0.15) is 13.2 Å². The maximum atomic E-state index is 13.8. The van der Waals surface area contributed by atoms with E-state index in [2.05, 4.69) is 0 Å². The van der Waals surface area contributed by atoms with Crippen LogP contribution in [0, 0.1) is 6.92 Å². The van der Waals surface area contributed by atoms with Gasteiger partial charge in [-0.3, -0.25) is 14.9 Å². The number of alkyl halides is 3. The van der Waals surface area contributed by atoms with E-state index in [1.54, 1.807) is 60.0 Å². The van der Waals surface area contributed by atoms with Crippen molar-refractivity contribution in [1.29, 1.82) is 0 Å². The zero-order chi connectivity index (χ0) is 21.2. The number of imide groups is 1. The molecule has 1 aliphatic heterocycles. The number of amides is 4. The summed E-state index contributed by atoms with van der Waals surface area (Å²) in [6.45, 7) is 1.75. The van der Waals surface area contributed by atoms with Crippen molar-refractivity contribution >= 4 is 23.5 Å². The highest BCUT2D eigenvalue weighted by Crippen LogP contribution is 2.35. The first kappa shape index (κ1) is 20.4. The Kier molecular flexibility index (Phi) is 5.32. The maximum Gasteiger partial charge on any atom is 0.440 e. The van der Waals surface area contributed by atoms with Crippen molar-refractivity contribution in [2.75, 3.05) is 4.90 Å². The van der Waals surface area contributed by atoms with Crippen molar-refractivity contribution in [3.63, 3.8) is 0 Å². The lowest BCUT2D eigenvalue weighted by Gasteiger charge is -2.29. The van der Waals surface area contributed by atoms with Crippen molar-refractivity contribution in [1.82, 2.24) is 10.6 Å². The summed E-state index contributed by atoms with van der Waals surface area (Å²) in [5.74, 6) is -2.61. The zero-order valence-electron chi connectivity index (χ0n) is 15.4. The number of hydrogen-bond acceptors (Lipinski definition) is 3. The molecule has 0 aliphatic carbocycles. The molecule has 2 aromatic carbocycles. The van der Waals surface area contributed by atoms with Crippen LogP contribution in [0.15, 0.2) is 54.6 Å². The highest BCUT2D eigenvalue weighted by atomic mass is 19.4. The van der Waals surface area contributed by atoms with Crippen LogP contribution >= 0.6 is 0 Å². The Bertz CT molecular complexity index is 929. The van der Waals surface area contributed by atoms with Crippen LogP contribution in [0.2, 0.25) is 0 Å². The van der Waals surface area contributed by atoms with E-state index in [9.17, 15) is 27.6 Å². The molecule has 1 fully saturated rings. The third-order valence-electron chi connectivity index (χ3n) is 4.55. The van der Waals surface area contributed by atoms with Crippen molar-refractivity contribution in [3.05, 3.63) is 65.7 Å². The summed E-state index contributed by atoms with van der Waals surface area (Å²) in [5, 5.41) is 3.34. The Balaban J connectivity index is 1.83. The lowest BCUT2D eigenvalue weighted by molar-refractivity contribution is -0.201. The van der Waals surface area contributed by atoms with Gasteiger partial charge in [-0.1, -0.05) is 48.0 Å². The summed E-state index contributed by atoms with van der Waals surface area (Å²) < 4.78 is 41.5. The minimum Gasteiger partial charge on any atom is -0.318 e.